The van der Waals surface area contributed by atoms with E-state index < -0.39 is 5.60 Å². The fourth-order valence-corrected chi connectivity index (χ4v) is 2.55. The highest BCUT2D eigenvalue weighted by molar-refractivity contribution is 5.69. The second kappa shape index (κ2) is 6.65. The topological polar surface area (TPSA) is 63.2 Å². The smallest absolute Gasteiger partial charge is 0.408 e. The van der Waals surface area contributed by atoms with E-state index in [9.17, 15) is 4.79 Å². The van der Waals surface area contributed by atoms with Gasteiger partial charge in [0.05, 0.1) is 11.2 Å². The molecule has 2 rings (SSSR count). The molecule has 1 unspecified atom stereocenters. The van der Waals surface area contributed by atoms with Gasteiger partial charge < -0.3 is 15.4 Å². The third-order valence-electron chi connectivity index (χ3n) is 3.95. The molecule has 0 saturated heterocycles. The Bertz CT molecular complexity index is 492. The van der Waals surface area contributed by atoms with E-state index >= 15 is 0 Å². The number of hydrogen-bond donors (Lipinski definition) is 2. The number of nitrogens with one attached hydrogen (secondary N) is 2. The van der Waals surface area contributed by atoms with Crippen molar-refractivity contribution in [2.45, 2.75) is 64.1 Å². The van der Waals surface area contributed by atoms with E-state index in [2.05, 4.69) is 22.5 Å². The minimum absolute atomic E-state index is 0.152. The van der Waals surface area contributed by atoms with Crippen LogP contribution in [-0.2, 0) is 4.74 Å². The van der Waals surface area contributed by atoms with Crippen molar-refractivity contribution in [1.82, 2.24) is 15.6 Å². The van der Waals surface area contributed by atoms with Crippen molar-refractivity contribution in [2.75, 3.05) is 6.54 Å². The molecule has 5 nitrogen and oxygen atoms in total. The van der Waals surface area contributed by atoms with E-state index in [4.69, 9.17) is 4.74 Å². The van der Waals surface area contributed by atoms with Crippen molar-refractivity contribution in [2.24, 2.45) is 0 Å². The molecule has 22 heavy (non-hydrogen) atoms. The molecule has 1 aromatic heterocycles. The molecule has 2 N–H and O–H groups in total. The van der Waals surface area contributed by atoms with Crippen LogP contribution >= 0.6 is 0 Å². The van der Waals surface area contributed by atoms with Crippen LogP contribution in [0.5, 0.6) is 0 Å². The van der Waals surface area contributed by atoms with Gasteiger partial charge in [-0.05, 0) is 59.1 Å². The van der Waals surface area contributed by atoms with Crippen molar-refractivity contribution in [3.63, 3.8) is 0 Å². The first-order valence-corrected chi connectivity index (χ1v) is 7.95. The summed E-state index contributed by atoms with van der Waals surface area (Å²) in [4.78, 5) is 16.4. The maximum absolute atomic E-state index is 12.0. The second-order valence-electron chi connectivity index (χ2n) is 7.12. The predicted octanol–water partition coefficient (Wildman–Crippen LogP) is 3.18. The molecule has 1 fully saturated rings. The highest BCUT2D eigenvalue weighted by atomic mass is 16.6. The van der Waals surface area contributed by atoms with Crippen molar-refractivity contribution >= 4 is 6.09 Å². The Morgan fingerprint density at radius 2 is 2.14 bits per heavy atom. The normalized spacial score (nSPS) is 18.2. The number of amides is 1. The Morgan fingerprint density at radius 3 is 2.64 bits per heavy atom. The average Bonchev–Trinajstić information content (AvgIpc) is 2.40. The van der Waals surface area contributed by atoms with Crippen LogP contribution in [0.15, 0.2) is 24.4 Å². The van der Waals surface area contributed by atoms with Crippen molar-refractivity contribution in [1.29, 1.82) is 0 Å². The summed E-state index contributed by atoms with van der Waals surface area (Å²) in [7, 11) is 0. The van der Waals surface area contributed by atoms with Gasteiger partial charge in [0.2, 0.25) is 0 Å². The molecule has 1 saturated carbocycles. The highest BCUT2D eigenvalue weighted by Gasteiger charge is 2.39. The average molecular weight is 305 g/mol. The van der Waals surface area contributed by atoms with E-state index in [1.807, 2.05) is 39.0 Å². The molecule has 0 radical (unpaired) electrons. The second-order valence-corrected chi connectivity index (χ2v) is 7.12. The third-order valence-corrected chi connectivity index (χ3v) is 3.95. The standard InChI is InChI=1S/C17H27N3O2/c1-13(14-8-5-6-11-18-14)19-12-17(9-7-10-17)20-15(21)22-16(2,3)4/h5-6,8,11,13,19H,7,9-10,12H2,1-4H3,(H,20,21). The van der Waals surface area contributed by atoms with Gasteiger partial charge in [-0.15, -0.1) is 0 Å². The molecule has 0 bridgehead atoms. The molecule has 1 amide bonds. The molecule has 1 aliphatic carbocycles. The minimum Gasteiger partial charge on any atom is -0.444 e. The lowest BCUT2D eigenvalue weighted by atomic mass is 9.76. The zero-order chi connectivity index (χ0) is 16.2. The monoisotopic (exact) mass is 305 g/mol. The number of hydrogen-bond acceptors (Lipinski definition) is 4. The van der Waals surface area contributed by atoms with E-state index in [-0.39, 0.29) is 17.7 Å². The number of rotatable bonds is 5. The maximum Gasteiger partial charge on any atom is 0.408 e. The number of carbonyl (C=O) groups excluding carboxylic acids is 1. The summed E-state index contributed by atoms with van der Waals surface area (Å²) in [5.74, 6) is 0. The summed E-state index contributed by atoms with van der Waals surface area (Å²) in [6, 6.07) is 6.05. The minimum atomic E-state index is -0.469. The Morgan fingerprint density at radius 1 is 1.41 bits per heavy atom. The number of nitrogens with zero attached hydrogens (tertiary/aromatic N) is 1. The summed E-state index contributed by atoms with van der Waals surface area (Å²) in [5, 5.41) is 6.53. The number of carbonyl (C=O) groups is 1. The lowest BCUT2D eigenvalue weighted by molar-refractivity contribution is 0.0379. The number of ether oxygens (including phenoxy) is 1. The molecule has 5 heteroatoms. The lowest BCUT2D eigenvalue weighted by Gasteiger charge is -2.43. The molecule has 122 valence electrons. The van der Waals surface area contributed by atoms with Gasteiger partial charge in [0, 0.05) is 18.8 Å². The summed E-state index contributed by atoms with van der Waals surface area (Å²) >= 11 is 0. The highest BCUT2D eigenvalue weighted by Crippen LogP contribution is 2.32. The van der Waals surface area contributed by atoms with Gasteiger partial charge in [0.15, 0.2) is 0 Å². The number of pyridine rings is 1. The summed E-state index contributed by atoms with van der Waals surface area (Å²) in [6.45, 7) is 8.44. The van der Waals surface area contributed by atoms with Crippen LogP contribution < -0.4 is 10.6 Å². The Kier molecular flexibility index (Phi) is 5.06. The molecule has 1 aliphatic rings. The Hall–Kier alpha value is -1.62. The Labute approximate surface area is 132 Å². The van der Waals surface area contributed by atoms with Gasteiger partial charge in [-0.25, -0.2) is 4.79 Å². The largest absolute Gasteiger partial charge is 0.444 e. The first kappa shape index (κ1) is 16.7. The van der Waals surface area contributed by atoms with Crippen molar-refractivity contribution < 1.29 is 9.53 Å². The van der Waals surface area contributed by atoms with Crippen LogP contribution in [-0.4, -0.2) is 28.8 Å². The van der Waals surface area contributed by atoms with Crippen LogP contribution in [0.25, 0.3) is 0 Å². The lowest BCUT2D eigenvalue weighted by Crippen LogP contribution is -2.60. The number of aromatic nitrogens is 1. The summed E-state index contributed by atoms with van der Waals surface area (Å²) < 4.78 is 5.37. The zero-order valence-corrected chi connectivity index (χ0v) is 14.0. The van der Waals surface area contributed by atoms with E-state index in [0.717, 1.165) is 31.5 Å². The Balaban J connectivity index is 1.87. The molecule has 0 aliphatic heterocycles. The first-order chi connectivity index (χ1) is 10.3. The predicted molar refractivity (Wildman–Crippen MR) is 86.6 cm³/mol. The van der Waals surface area contributed by atoms with Gasteiger partial charge in [-0.2, -0.15) is 0 Å². The summed E-state index contributed by atoms with van der Waals surface area (Å²) in [6.07, 6.45) is 4.56. The van der Waals surface area contributed by atoms with Gasteiger partial charge >= 0.3 is 6.09 Å². The van der Waals surface area contributed by atoms with Gasteiger partial charge in [-0.1, -0.05) is 6.07 Å². The molecule has 0 aromatic carbocycles. The molecule has 1 heterocycles. The van der Waals surface area contributed by atoms with Gasteiger partial charge in [-0.3, -0.25) is 4.98 Å². The SMILES string of the molecule is CC(NCC1(NC(=O)OC(C)(C)C)CCC1)c1ccccn1. The first-order valence-electron chi connectivity index (χ1n) is 7.95. The van der Waals surface area contributed by atoms with E-state index in [1.165, 1.54) is 0 Å². The van der Waals surface area contributed by atoms with Crippen LogP contribution in [0.4, 0.5) is 4.79 Å². The van der Waals surface area contributed by atoms with Crippen LogP contribution in [0, 0.1) is 0 Å². The molecule has 1 aromatic rings. The zero-order valence-electron chi connectivity index (χ0n) is 14.0. The molecule has 1 atom stereocenters. The maximum atomic E-state index is 12.0. The van der Waals surface area contributed by atoms with E-state index in [1.54, 1.807) is 6.20 Å². The van der Waals surface area contributed by atoms with Crippen molar-refractivity contribution in [3.05, 3.63) is 30.1 Å². The van der Waals surface area contributed by atoms with Crippen LogP contribution in [0.1, 0.15) is 58.7 Å². The summed E-state index contributed by atoms with van der Waals surface area (Å²) in [5.41, 5.74) is 0.351. The van der Waals surface area contributed by atoms with Gasteiger partial charge in [0.1, 0.15) is 5.60 Å². The fraction of sp³-hybridized carbons (Fsp3) is 0.647. The quantitative estimate of drug-likeness (QED) is 0.877. The van der Waals surface area contributed by atoms with Gasteiger partial charge in [0.25, 0.3) is 0 Å². The molecular weight excluding hydrogens is 278 g/mol. The third kappa shape index (κ3) is 4.70. The van der Waals surface area contributed by atoms with Crippen LogP contribution in [0.2, 0.25) is 0 Å². The van der Waals surface area contributed by atoms with Crippen molar-refractivity contribution in [3.8, 4) is 0 Å². The molecule has 0 spiro atoms. The number of alkyl carbamates (subject to hydrolysis) is 1. The fourth-order valence-electron chi connectivity index (χ4n) is 2.55. The van der Waals surface area contributed by atoms with Crippen LogP contribution in [0.3, 0.4) is 0 Å². The van der Waals surface area contributed by atoms with E-state index in [0.29, 0.717) is 0 Å². The molecular formula is C17H27N3O2.